The average Bonchev–Trinajstić information content (AvgIpc) is 3.27. The third-order valence-corrected chi connectivity index (χ3v) is 14.9. The van der Waals surface area contributed by atoms with Crippen LogP contribution < -0.4 is 14.7 Å². The fourth-order valence-corrected chi connectivity index (χ4v) is 9.26. The second kappa shape index (κ2) is 48.3. The van der Waals surface area contributed by atoms with Crippen molar-refractivity contribution in [1.29, 1.82) is 0 Å². The van der Waals surface area contributed by atoms with Crippen LogP contribution in [-0.2, 0) is 40.8 Å². The van der Waals surface area contributed by atoms with E-state index in [2.05, 4.69) is 83.1 Å². The molecule has 0 rings (SSSR count). The Morgan fingerprint density at radius 2 is 0.422 bits per heavy atom. The molecule has 0 fully saturated rings. The Labute approximate surface area is 427 Å². The van der Waals surface area contributed by atoms with Crippen molar-refractivity contribution >= 4 is 23.5 Å². The van der Waals surface area contributed by atoms with Crippen LogP contribution in [0.3, 0.4) is 0 Å². The quantitative estimate of drug-likeness (QED) is 0.0530. The molecule has 6 atom stereocenters. The van der Waals surface area contributed by atoms with Gasteiger partial charge < -0.3 is 41.8 Å². The van der Waals surface area contributed by atoms with Gasteiger partial charge in [-0.05, 0) is 74.0 Å². The maximum Gasteiger partial charge on any atom is 3.00 e. The Morgan fingerprint density at radius 1 is 0.297 bits per heavy atom. The third-order valence-electron chi connectivity index (χ3n) is 12.1. The molecular weight excluding hydrogens is 1020 g/mol. The van der Waals surface area contributed by atoms with Crippen LogP contribution in [0.2, 0.25) is 0 Å². The van der Waals surface area contributed by atoms with Gasteiger partial charge in [0.15, 0.2) is 0 Å². The normalized spacial score (nSPS) is 17.1. The topological polar surface area (TPSA) is 176 Å². The summed E-state index contributed by atoms with van der Waals surface area (Å²) in [5.41, 5.74) is 0. The molecule has 0 bridgehead atoms. The fourth-order valence-electron chi connectivity index (χ4n) is 6.68. The number of unbranched alkanes of at least 4 members (excludes halogenated alkanes) is 6. The summed E-state index contributed by atoms with van der Waals surface area (Å²) in [4.78, 5) is 35.4. The van der Waals surface area contributed by atoms with Crippen molar-refractivity contribution in [3.05, 3.63) is 0 Å². The molecule has 0 heterocycles. The maximum atomic E-state index is 11.8. The molecule has 0 N–H and O–H groups in total. The molecule has 0 spiro atoms. The van der Waals surface area contributed by atoms with Gasteiger partial charge in [-0.15, -0.1) is 0 Å². The molecule has 390 valence electrons. The Hall–Kier alpha value is 1.62. The summed E-state index contributed by atoms with van der Waals surface area (Å²) in [7, 11) is -12.4. The summed E-state index contributed by atoms with van der Waals surface area (Å²) in [6, 6.07) is 0. The number of hydrogen-bond acceptors (Lipinski definition) is 12. The van der Waals surface area contributed by atoms with Crippen molar-refractivity contribution < 1.29 is 94.1 Å². The van der Waals surface area contributed by atoms with Gasteiger partial charge in [0.25, 0.3) is 23.5 Å². The minimum atomic E-state index is -4.14. The summed E-state index contributed by atoms with van der Waals surface area (Å²) in [6.07, 6.45) is 25.1. The largest absolute Gasteiger partial charge is 3.00 e. The summed E-state index contributed by atoms with van der Waals surface area (Å²) in [5.74, 6) is 1.82. The zero-order valence-electron chi connectivity index (χ0n) is 43.3. The molecule has 0 aliphatic rings. The number of phosphoric acid groups is 3. The van der Waals surface area contributed by atoms with E-state index in [4.69, 9.17) is 27.1 Å². The molecule has 0 saturated heterocycles. The summed E-state index contributed by atoms with van der Waals surface area (Å²) in [5, 5.41) is 0. The zero-order chi connectivity index (χ0) is 48.4. The second-order valence-corrected chi connectivity index (χ2v) is 21.8. The van der Waals surface area contributed by atoms with E-state index in [1.165, 1.54) is 0 Å². The molecular formula is C48H102O12P3Tb. The Kier molecular flexibility index (Phi) is 54.4. The number of rotatable bonds is 42. The first-order valence-corrected chi connectivity index (χ1v) is 30.1. The van der Waals surface area contributed by atoms with E-state index in [9.17, 15) is 28.4 Å². The van der Waals surface area contributed by atoms with Gasteiger partial charge in [0, 0.05) is 0 Å². The summed E-state index contributed by atoms with van der Waals surface area (Å²) in [6.45, 7) is 26.7. The smallest absolute Gasteiger partial charge is 0.756 e. The van der Waals surface area contributed by atoms with Crippen molar-refractivity contribution in [1.82, 2.24) is 0 Å². The SMILES string of the molecule is CCCCC(CC)COP(=O)([O-])OCC(CC)CCCC.CCCCC(CC)COP(=O)([O-])OCC(CC)CCCC.CCCCC(CC)COP(=O)([O-])OCC(CC)CCCC.[Tb+3]. The number of phosphoric ester groups is 3. The summed E-state index contributed by atoms with van der Waals surface area (Å²) < 4.78 is 65.7. The Morgan fingerprint density at radius 3 is 0.516 bits per heavy atom. The van der Waals surface area contributed by atoms with E-state index in [0.29, 0.717) is 35.5 Å². The van der Waals surface area contributed by atoms with Crippen LogP contribution in [0.4, 0.5) is 0 Å². The minimum Gasteiger partial charge on any atom is -0.756 e. The molecule has 0 saturated carbocycles. The standard InChI is InChI=1S/3C16H35O4P.Tb/c3*1-5-9-11-15(7-3)13-19-21(17,18)20-14-16(8-4)12-10-6-2;/h3*15-16H,5-14H2,1-4H3,(H,17,18);/q;;;+3/p-3. The van der Waals surface area contributed by atoms with Crippen LogP contribution in [0.5, 0.6) is 0 Å². The number of hydrogen-bond donors (Lipinski definition) is 0. The molecule has 0 aliphatic carbocycles. The van der Waals surface area contributed by atoms with Crippen LogP contribution in [0, 0.1) is 74.1 Å². The van der Waals surface area contributed by atoms with Crippen LogP contribution in [0.25, 0.3) is 0 Å². The van der Waals surface area contributed by atoms with Gasteiger partial charge in [-0.2, -0.15) is 0 Å². The van der Waals surface area contributed by atoms with Crippen LogP contribution >= 0.6 is 23.5 Å². The third kappa shape index (κ3) is 46.0. The molecule has 0 amide bonds. The maximum absolute atomic E-state index is 11.8. The van der Waals surface area contributed by atoms with E-state index in [0.717, 1.165) is 154 Å². The van der Waals surface area contributed by atoms with Crippen molar-refractivity contribution in [3.63, 3.8) is 0 Å². The van der Waals surface area contributed by atoms with Crippen LogP contribution in [0.1, 0.15) is 237 Å². The van der Waals surface area contributed by atoms with Gasteiger partial charge in [-0.1, -0.05) is 199 Å². The average molecular weight is 1120 g/mol. The minimum absolute atomic E-state index is 0. The first-order chi connectivity index (χ1) is 30.0. The predicted octanol–water partition coefficient (Wildman–Crippen LogP) is 14.8. The monoisotopic (exact) mass is 1120 g/mol. The molecule has 64 heavy (non-hydrogen) atoms. The van der Waals surface area contributed by atoms with E-state index >= 15 is 0 Å². The zero-order valence-corrected chi connectivity index (χ0v) is 48.1. The first kappa shape index (κ1) is 72.2. The molecule has 0 aromatic heterocycles. The van der Waals surface area contributed by atoms with Gasteiger partial charge >= 0.3 is 38.6 Å². The second-order valence-electron chi connectivity index (χ2n) is 17.6. The molecule has 0 aromatic carbocycles. The molecule has 0 aliphatic heterocycles. The van der Waals surface area contributed by atoms with Gasteiger partial charge in [0.1, 0.15) is 0 Å². The molecule has 0 radical (unpaired) electrons. The Bertz CT molecular complexity index is 919. The van der Waals surface area contributed by atoms with Crippen molar-refractivity contribution in [2.24, 2.45) is 35.5 Å². The van der Waals surface area contributed by atoms with Gasteiger partial charge in [-0.25, -0.2) is 0 Å². The summed E-state index contributed by atoms with van der Waals surface area (Å²) >= 11 is 0. The van der Waals surface area contributed by atoms with E-state index < -0.39 is 23.5 Å². The van der Waals surface area contributed by atoms with Gasteiger partial charge in [0.2, 0.25) is 0 Å². The fraction of sp³-hybridized carbons (Fsp3) is 1.00. The van der Waals surface area contributed by atoms with E-state index in [-0.39, 0.29) is 78.3 Å². The predicted molar refractivity (Wildman–Crippen MR) is 258 cm³/mol. The van der Waals surface area contributed by atoms with Gasteiger partial charge in [0.05, 0.1) is 39.6 Å². The van der Waals surface area contributed by atoms with E-state index in [1.54, 1.807) is 0 Å². The van der Waals surface area contributed by atoms with Crippen molar-refractivity contribution in [3.8, 4) is 0 Å². The molecule has 12 nitrogen and oxygen atoms in total. The van der Waals surface area contributed by atoms with Crippen LogP contribution in [0.15, 0.2) is 0 Å². The Balaban J connectivity index is -0.000000419. The van der Waals surface area contributed by atoms with E-state index in [1.807, 2.05) is 0 Å². The molecule has 6 unspecified atom stereocenters. The first-order valence-electron chi connectivity index (χ1n) is 25.8. The van der Waals surface area contributed by atoms with Crippen molar-refractivity contribution in [2.75, 3.05) is 39.6 Å². The van der Waals surface area contributed by atoms with Gasteiger partial charge in [-0.3, -0.25) is 13.7 Å². The van der Waals surface area contributed by atoms with Crippen molar-refractivity contribution in [2.45, 2.75) is 237 Å². The molecule has 16 heteroatoms. The molecule has 0 aromatic rings. The van der Waals surface area contributed by atoms with Crippen LogP contribution in [-0.4, -0.2) is 39.6 Å².